The molecule has 2 rings (SSSR count). The Bertz CT molecular complexity index is 338. The van der Waals surface area contributed by atoms with E-state index in [0.29, 0.717) is 0 Å². The minimum Gasteiger partial charge on any atom is -0.379 e. The zero-order valence-corrected chi connectivity index (χ0v) is 12.2. The summed E-state index contributed by atoms with van der Waals surface area (Å²) in [5.41, 5.74) is 1.29. The van der Waals surface area contributed by atoms with Gasteiger partial charge in [0, 0.05) is 24.5 Å². The number of aryl methyl sites for hydroxylation is 1. The number of hydrogen-bond acceptors (Lipinski definition) is 5. The van der Waals surface area contributed by atoms with E-state index in [4.69, 9.17) is 9.72 Å². The van der Waals surface area contributed by atoms with Crippen LogP contribution in [0.3, 0.4) is 0 Å². The Kier molecular flexibility index (Phi) is 5.56. The van der Waals surface area contributed by atoms with Crippen LogP contribution in [0, 0.1) is 0 Å². The first-order chi connectivity index (χ1) is 8.83. The highest BCUT2D eigenvalue weighted by Gasteiger charge is 2.15. The van der Waals surface area contributed by atoms with Crippen molar-refractivity contribution in [3.8, 4) is 0 Å². The SMILES string of the molecule is CCCc1nc(CN2CCOCC2)sc1CNC. The van der Waals surface area contributed by atoms with Gasteiger partial charge in [-0.1, -0.05) is 13.3 Å². The molecule has 0 aliphatic carbocycles. The lowest BCUT2D eigenvalue weighted by molar-refractivity contribution is 0.0341. The molecular formula is C13H23N3OS. The highest BCUT2D eigenvalue weighted by molar-refractivity contribution is 7.11. The molecule has 0 unspecified atom stereocenters. The molecule has 5 heteroatoms. The molecule has 2 heterocycles. The fraction of sp³-hybridized carbons (Fsp3) is 0.769. The van der Waals surface area contributed by atoms with Crippen molar-refractivity contribution in [3.05, 3.63) is 15.6 Å². The van der Waals surface area contributed by atoms with Crippen LogP contribution < -0.4 is 5.32 Å². The van der Waals surface area contributed by atoms with Gasteiger partial charge in [0.2, 0.25) is 0 Å². The Labute approximate surface area is 113 Å². The van der Waals surface area contributed by atoms with Gasteiger partial charge in [0.15, 0.2) is 0 Å². The fourth-order valence-electron chi connectivity index (χ4n) is 2.19. The summed E-state index contributed by atoms with van der Waals surface area (Å²) in [6, 6.07) is 0. The number of hydrogen-bond donors (Lipinski definition) is 1. The van der Waals surface area contributed by atoms with E-state index in [2.05, 4.69) is 17.1 Å². The zero-order chi connectivity index (χ0) is 12.8. The molecule has 1 aromatic heterocycles. The van der Waals surface area contributed by atoms with Crippen LogP contribution in [0.5, 0.6) is 0 Å². The first-order valence-corrected chi connectivity index (χ1v) is 7.57. The predicted octanol–water partition coefficient (Wildman–Crippen LogP) is 1.65. The van der Waals surface area contributed by atoms with Crippen LogP contribution in [0.2, 0.25) is 0 Å². The van der Waals surface area contributed by atoms with Gasteiger partial charge in [0.25, 0.3) is 0 Å². The Balaban J connectivity index is 2.00. The second-order valence-electron chi connectivity index (χ2n) is 4.65. The van der Waals surface area contributed by atoms with Crippen molar-refractivity contribution in [1.29, 1.82) is 0 Å². The summed E-state index contributed by atoms with van der Waals surface area (Å²) in [6.45, 7) is 7.91. The van der Waals surface area contributed by atoms with Gasteiger partial charge in [-0.3, -0.25) is 4.90 Å². The van der Waals surface area contributed by atoms with Crippen LogP contribution >= 0.6 is 11.3 Å². The molecule has 1 aliphatic heterocycles. The number of rotatable bonds is 6. The first-order valence-electron chi connectivity index (χ1n) is 6.75. The number of thiazole rings is 1. The van der Waals surface area contributed by atoms with Crippen molar-refractivity contribution in [2.75, 3.05) is 33.4 Å². The Morgan fingerprint density at radius 3 is 2.83 bits per heavy atom. The van der Waals surface area contributed by atoms with E-state index in [9.17, 15) is 0 Å². The van der Waals surface area contributed by atoms with Crippen LogP contribution in [-0.4, -0.2) is 43.2 Å². The second kappa shape index (κ2) is 7.19. The molecule has 0 atom stereocenters. The summed E-state index contributed by atoms with van der Waals surface area (Å²) < 4.78 is 5.37. The average Bonchev–Trinajstić information content (AvgIpc) is 2.74. The third-order valence-electron chi connectivity index (χ3n) is 3.11. The number of morpholine rings is 1. The van der Waals surface area contributed by atoms with E-state index >= 15 is 0 Å². The van der Waals surface area contributed by atoms with E-state index in [1.54, 1.807) is 0 Å². The molecule has 1 fully saturated rings. The van der Waals surface area contributed by atoms with E-state index < -0.39 is 0 Å². The van der Waals surface area contributed by atoms with Gasteiger partial charge in [-0.15, -0.1) is 11.3 Å². The Morgan fingerprint density at radius 1 is 1.39 bits per heavy atom. The third kappa shape index (κ3) is 3.75. The average molecular weight is 269 g/mol. The van der Waals surface area contributed by atoms with Gasteiger partial charge in [0.1, 0.15) is 5.01 Å². The molecule has 0 spiro atoms. The molecule has 1 aliphatic rings. The first kappa shape index (κ1) is 13.9. The van der Waals surface area contributed by atoms with Gasteiger partial charge < -0.3 is 10.1 Å². The van der Waals surface area contributed by atoms with Crippen molar-refractivity contribution in [2.45, 2.75) is 32.9 Å². The number of nitrogens with zero attached hydrogens (tertiary/aromatic N) is 2. The van der Waals surface area contributed by atoms with E-state index in [0.717, 1.165) is 52.2 Å². The van der Waals surface area contributed by atoms with E-state index in [1.807, 2.05) is 18.4 Å². The summed E-state index contributed by atoms with van der Waals surface area (Å²) in [5.74, 6) is 0. The summed E-state index contributed by atoms with van der Waals surface area (Å²) in [6.07, 6.45) is 2.26. The molecule has 1 aromatic rings. The maximum Gasteiger partial charge on any atom is 0.107 e. The molecule has 0 bridgehead atoms. The highest BCUT2D eigenvalue weighted by Crippen LogP contribution is 2.21. The van der Waals surface area contributed by atoms with Crippen LogP contribution in [-0.2, 0) is 24.2 Å². The zero-order valence-electron chi connectivity index (χ0n) is 11.4. The highest BCUT2D eigenvalue weighted by atomic mass is 32.1. The molecule has 102 valence electrons. The molecule has 0 aromatic carbocycles. The predicted molar refractivity (Wildman–Crippen MR) is 75.0 cm³/mol. The van der Waals surface area contributed by atoms with Crippen molar-refractivity contribution >= 4 is 11.3 Å². The van der Waals surface area contributed by atoms with Gasteiger partial charge in [0.05, 0.1) is 25.5 Å². The second-order valence-corrected chi connectivity index (χ2v) is 5.81. The minimum atomic E-state index is 0.858. The molecule has 1 saturated heterocycles. The van der Waals surface area contributed by atoms with Gasteiger partial charge in [-0.2, -0.15) is 0 Å². The number of nitrogens with one attached hydrogen (secondary N) is 1. The van der Waals surface area contributed by atoms with E-state index in [1.165, 1.54) is 15.6 Å². The third-order valence-corrected chi connectivity index (χ3v) is 4.19. The molecule has 0 saturated carbocycles. The monoisotopic (exact) mass is 269 g/mol. The lowest BCUT2D eigenvalue weighted by atomic mass is 10.2. The minimum absolute atomic E-state index is 0.858. The molecule has 0 amide bonds. The van der Waals surface area contributed by atoms with Crippen LogP contribution in [0.4, 0.5) is 0 Å². The summed E-state index contributed by atoms with van der Waals surface area (Å²) in [4.78, 5) is 8.65. The van der Waals surface area contributed by atoms with E-state index in [-0.39, 0.29) is 0 Å². The molecule has 0 radical (unpaired) electrons. The van der Waals surface area contributed by atoms with Crippen LogP contribution in [0.25, 0.3) is 0 Å². The van der Waals surface area contributed by atoms with Gasteiger partial charge >= 0.3 is 0 Å². The Hall–Kier alpha value is -0.490. The molecule has 18 heavy (non-hydrogen) atoms. The smallest absolute Gasteiger partial charge is 0.107 e. The van der Waals surface area contributed by atoms with Gasteiger partial charge in [-0.05, 0) is 13.5 Å². The fourth-order valence-corrected chi connectivity index (χ4v) is 3.36. The van der Waals surface area contributed by atoms with Crippen LogP contribution in [0.15, 0.2) is 0 Å². The van der Waals surface area contributed by atoms with Gasteiger partial charge in [-0.25, -0.2) is 4.98 Å². The van der Waals surface area contributed by atoms with Crippen LogP contribution in [0.1, 0.15) is 28.9 Å². The number of ether oxygens (including phenoxy) is 1. The topological polar surface area (TPSA) is 37.4 Å². The summed E-state index contributed by atoms with van der Waals surface area (Å²) in [5, 5.41) is 4.49. The number of aromatic nitrogens is 1. The van der Waals surface area contributed by atoms with Crippen molar-refractivity contribution in [3.63, 3.8) is 0 Å². The molecule has 1 N–H and O–H groups in total. The van der Waals surface area contributed by atoms with Crippen molar-refractivity contribution in [2.24, 2.45) is 0 Å². The van der Waals surface area contributed by atoms with Crippen molar-refractivity contribution in [1.82, 2.24) is 15.2 Å². The van der Waals surface area contributed by atoms with Crippen molar-refractivity contribution < 1.29 is 4.74 Å². The Morgan fingerprint density at radius 2 is 2.17 bits per heavy atom. The lowest BCUT2D eigenvalue weighted by Crippen LogP contribution is -2.35. The molecule has 4 nitrogen and oxygen atoms in total. The molecular weight excluding hydrogens is 246 g/mol. The largest absolute Gasteiger partial charge is 0.379 e. The maximum atomic E-state index is 5.37. The quantitative estimate of drug-likeness (QED) is 0.852. The maximum absolute atomic E-state index is 5.37. The summed E-state index contributed by atoms with van der Waals surface area (Å²) >= 11 is 1.86. The normalized spacial score (nSPS) is 17.2. The standard InChI is InChI=1S/C13H23N3OS/c1-3-4-11-12(9-14-2)18-13(15-11)10-16-5-7-17-8-6-16/h14H,3-10H2,1-2H3. The summed E-state index contributed by atoms with van der Waals surface area (Å²) in [7, 11) is 2.00. The lowest BCUT2D eigenvalue weighted by Gasteiger charge is -2.25.